The molecule has 1 unspecified atom stereocenters. The molecule has 3 aromatic rings. The number of para-hydroxylation sites is 3. The molecule has 0 saturated heterocycles. The van der Waals surface area contributed by atoms with Gasteiger partial charge in [-0.15, -0.1) is 12.4 Å². The Morgan fingerprint density at radius 2 is 1.52 bits per heavy atom. The van der Waals surface area contributed by atoms with E-state index < -0.39 is 0 Å². The number of hydrogen-bond acceptors (Lipinski definition) is 3. The number of hydrogen-bond donors (Lipinski definition) is 0. The highest BCUT2D eigenvalue weighted by Gasteiger charge is 2.28. The van der Waals surface area contributed by atoms with E-state index in [0.29, 0.717) is 5.16 Å². The van der Waals surface area contributed by atoms with E-state index in [4.69, 9.17) is 11.6 Å². The molecule has 3 aromatic carbocycles. The van der Waals surface area contributed by atoms with Crippen molar-refractivity contribution in [2.45, 2.75) is 10.3 Å². The summed E-state index contributed by atoms with van der Waals surface area (Å²) in [5.41, 5.74) is 5.80. The Labute approximate surface area is 186 Å². The van der Waals surface area contributed by atoms with Crippen molar-refractivity contribution in [3.8, 4) is 0 Å². The molecular weight excluding hydrogens is 419 g/mol. The summed E-state index contributed by atoms with van der Waals surface area (Å²) in [5, 5.41) is 0.948. The summed E-state index contributed by atoms with van der Waals surface area (Å²) >= 11 is 8.65. The van der Waals surface area contributed by atoms with E-state index in [1.807, 2.05) is 30.0 Å². The minimum Gasteiger partial charge on any atom is -0.358 e. The smallest absolute Gasteiger partial charge is 0.114 e. The van der Waals surface area contributed by atoms with Gasteiger partial charge in [-0.3, -0.25) is 0 Å². The molecule has 1 atom stereocenters. The van der Waals surface area contributed by atoms with Crippen LogP contribution < -0.4 is 9.80 Å². The second-order valence-corrected chi connectivity index (χ2v) is 8.41. The van der Waals surface area contributed by atoms with E-state index in [2.05, 4.69) is 89.7 Å². The van der Waals surface area contributed by atoms with Gasteiger partial charge in [0.1, 0.15) is 5.16 Å². The van der Waals surface area contributed by atoms with Crippen LogP contribution in [0.25, 0.3) is 5.57 Å². The van der Waals surface area contributed by atoms with Gasteiger partial charge in [0.25, 0.3) is 0 Å². The molecular formula is C24H20Cl2N2S. The van der Waals surface area contributed by atoms with Gasteiger partial charge in [-0.1, -0.05) is 71.9 Å². The van der Waals surface area contributed by atoms with Crippen molar-refractivity contribution in [2.75, 3.05) is 16.8 Å². The molecule has 0 aromatic heterocycles. The monoisotopic (exact) mass is 438 g/mol. The van der Waals surface area contributed by atoms with Gasteiger partial charge >= 0.3 is 0 Å². The fraction of sp³-hybridized carbons (Fsp3) is 0.0833. The van der Waals surface area contributed by atoms with E-state index in [1.54, 1.807) is 0 Å². The summed E-state index contributed by atoms with van der Waals surface area (Å²) in [6.07, 6.45) is 4.39. The summed E-state index contributed by atoms with van der Waals surface area (Å²) < 4.78 is 0. The standard InChI is InChI=1S/C24H19ClN2S.ClH/c1-26-21-13-7-8-14-22(21)28-24(26)16-17-15-23(25)27(18-9-3-2-4-10-18)20-12-6-5-11-19(17)20;/h2-16,24H,1H3;1H. The molecule has 5 rings (SSSR count). The maximum Gasteiger partial charge on any atom is 0.114 e. The largest absolute Gasteiger partial charge is 0.358 e. The lowest BCUT2D eigenvalue weighted by molar-refractivity contribution is 0.991. The van der Waals surface area contributed by atoms with Gasteiger partial charge in [-0.05, 0) is 48.1 Å². The Kier molecular flexibility index (Phi) is 5.64. The number of nitrogens with zero attached hydrogens (tertiary/aromatic N) is 2. The molecule has 2 aliphatic heterocycles. The first-order chi connectivity index (χ1) is 13.7. The zero-order valence-electron chi connectivity index (χ0n) is 15.8. The van der Waals surface area contributed by atoms with Gasteiger partial charge in [-0.2, -0.15) is 0 Å². The third kappa shape index (κ3) is 3.55. The predicted molar refractivity (Wildman–Crippen MR) is 129 cm³/mol. The zero-order chi connectivity index (χ0) is 19.1. The van der Waals surface area contributed by atoms with Gasteiger partial charge in [-0.25, -0.2) is 0 Å². The molecule has 0 aliphatic carbocycles. The maximum atomic E-state index is 6.78. The van der Waals surface area contributed by atoms with Crippen LogP contribution in [-0.4, -0.2) is 12.4 Å². The van der Waals surface area contributed by atoms with Gasteiger partial charge < -0.3 is 9.80 Å². The highest BCUT2D eigenvalue weighted by atomic mass is 35.5. The summed E-state index contributed by atoms with van der Waals surface area (Å²) in [4.78, 5) is 5.74. The van der Waals surface area contributed by atoms with Crippen molar-refractivity contribution < 1.29 is 0 Å². The zero-order valence-corrected chi connectivity index (χ0v) is 18.2. The average molecular weight is 439 g/mol. The first-order valence-corrected chi connectivity index (χ1v) is 10.5. The van der Waals surface area contributed by atoms with Crippen LogP contribution in [0, 0.1) is 0 Å². The average Bonchev–Trinajstić information content (AvgIpc) is 3.04. The van der Waals surface area contributed by atoms with Crippen LogP contribution in [0.5, 0.6) is 0 Å². The van der Waals surface area contributed by atoms with Crippen LogP contribution in [0.4, 0.5) is 17.1 Å². The van der Waals surface area contributed by atoms with Crippen LogP contribution in [-0.2, 0) is 0 Å². The van der Waals surface area contributed by atoms with E-state index in [9.17, 15) is 0 Å². The molecule has 0 radical (unpaired) electrons. The highest BCUT2D eigenvalue weighted by Crippen LogP contribution is 2.46. The first kappa shape index (κ1) is 20.0. The van der Waals surface area contributed by atoms with Crippen LogP contribution in [0.3, 0.4) is 0 Å². The molecule has 0 bridgehead atoms. The molecule has 0 fully saturated rings. The minimum absolute atomic E-state index is 0. The Morgan fingerprint density at radius 3 is 2.28 bits per heavy atom. The van der Waals surface area contributed by atoms with Crippen molar-refractivity contribution in [1.82, 2.24) is 0 Å². The molecule has 2 aliphatic rings. The predicted octanol–water partition coefficient (Wildman–Crippen LogP) is 7.29. The quantitative estimate of drug-likeness (QED) is 0.387. The summed E-state index contributed by atoms with van der Waals surface area (Å²) in [6.45, 7) is 0. The Balaban J connectivity index is 0.00000205. The molecule has 146 valence electrons. The van der Waals surface area contributed by atoms with Crippen LogP contribution in [0.1, 0.15) is 5.56 Å². The third-order valence-corrected chi connectivity index (χ3v) is 6.73. The Morgan fingerprint density at radius 1 is 0.862 bits per heavy atom. The number of thioether (sulfide) groups is 1. The Hall–Kier alpha value is -2.33. The van der Waals surface area contributed by atoms with E-state index >= 15 is 0 Å². The van der Waals surface area contributed by atoms with Crippen molar-refractivity contribution in [1.29, 1.82) is 0 Å². The van der Waals surface area contributed by atoms with E-state index in [1.165, 1.54) is 16.1 Å². The van der Waals surface area contributed by atoms with Crippen molar-refractivity contribution in [3.05, 3.63) is 102 Å². The first-order valence-electron chi connectivity index (χ1n) is 9.24. The highest BCUT2D eigenvalue weighted by molar-refractivity contribution is 8.00. The molecule has 0 amide bonds. The van der Waals surface area contributed by atoms with Crippen molar-refractivity contribution >= 4 is 58.4 Å². The maximum absolute atomic E-state index is 6.78. The molecule has 29 heavy (non-hydrogen) atoms. The summed E-state index contributed by atoms with van der Waals surface area (Å²) in [5.74, 6) is 0. The fourth-order valence-electron chi connectivity index (χ4n) is 3.77. The van der Waals surface area contributed by atoms with E-state index in [0.717, 1.165) is 16.9 Å². The second kappa shape index (κ2) is 8.19. The number of benzene rings is 3. The lowest BCUT2D eigenvalue weighted by Gasteiger charge is -2.31. The van der Waals surface area contributed by atoms with Crippen LogP contribution in [0.15, 0.2) is 101 Å². The molecule has 2 heterocycles. The molecule has 2 nitrogen and oxygen atoms in total. The number of anilines is 3. The lowest BCUT2D eigenvalue weighted by Crippen LogP contribution is -2.23. The van der Waals surface area contributed by atoms with Crippen molar-refractivity contribution in [2.24, 2.45) is 0 Å². The van der Waals surface area contributed by atoms with Gasteiger partial charge in [0, 0.05) is 23.2 Å². The van der Waals surface area contributed by atoms with Crippen LogP contribution in [0.2, 0.25) is 0 Å². The number of rotatable bonds is 2. The number of allylic oxidation sites excluding steroid dienone is 2. The lowest BCUT2D eigenvalue weighted by atomic mass is 9.98. The molecule has 0 saturated carbocycles. The molecule has 0 spiro atoms. The molecule has 0 N–H and O–H groups in total. The van der Waals surface area contributed by atoms with E-state index in [-0.39, 0.29) is 17.8 Å². The van der Waals surface area contributed by atoms with Gasteiger partial charge in [0.2, 0.25) is 0 Å². The van der Waals surface area contributed by atoms with Gasteiger partial charge in [0.05, 0.1) is 16.7 Å². The van der Waals surface area contributed by atoms with Crippen LogP contribution >= 0.6 is 35.8 Å². The Bertz CT molecular complexity index is 1090. The number of likely N-dealkylation sites (N-methyl/N-ethyl adjacent to an activating group) is 1. The number of halogens is 2. The summed E-state index contributed by atoms with van der Waals surface area (Å²) in [6, 6.07) is 27.3. The third-order valence-electron chi connectivity index (χ3n) is 5.16. The molecule has 5 heteroatoms. The van der Waals surface area contributed by atoms with Crippen molar-refractivity contribution in [3.63, 3.8) is 0 Å². The minimum atomic E-state index is 0. The topological polar surface area (TPSA) is 6.48 Å². The number of fused-ring (bicyclic) bond motifs is 2. The van der Waals surface area contributed by atoms with Gasteiger partial charge in [0.15, 0.2) is 0 Å². The normalized spacial score (nSPS) is 18.8. The summed E-state index contributed by atoms with van der Waals surface area (Å²) in [7, 11) is 2.15. The SMILES string of the molecule is CN1c2ccccc2SC1C=C1C=C(Cl)N(c2ccccc2)c2ccccc21.Cl. The fourth-order valence-corrected chi connectivity index (χ4v) is 5.31. The second-order valence-electron chi connectivity index (χ2n) is 6.86.